The molecule has 13 heteroatoms. The van der Waals surface area contributed by atoms with Gasteiger partial charge in [-0.05, 0) is 30.0 Å². The lowest BCUT2D eigenvalue weighted by atomic mass is 9.92. The third kappa shape index (κ3) is 7.60. The zero-order chi connectivity index (χ0) is 27.9. The SMILES string of the molecule is COc1c(Nc2ccc(C)cc2F)ncnc1OC1CC2COCC(C1)N2C(=O)OCC(C)(C)C.O=S=O. The highest BCUT2D eigenvalue weighted by molar-refractivity contribution is 7.51. The predicted molar refractivity (Wildman–Crippen MR) is 137 cm³/mol. The van der Waals surface area contributed by atoms with E-state index in [0.29, 0.717) is 38.5 Å². The van der Waals surface area contributed by atoms with Crippen molar-refractivity contribution in [1.82, 2.24) is 14.9 Å². The van der Waals surface area contributed by atoms with Crippen molar-refractivity contribution in [3.05, 3.63) is 35.9 Å². The van der Waals surface area contributed by atoms with Crippen LogP contribution in [0.15, 0.2) is 24.5 Å². The van der Waals surface area contributed by atoms with Gasteiger partial charge in [-0.3, -0.25) is 4.90 Å². The van der Waals surface area contributed by atoms with Gasteiger partial charge < -0.3 is 24.3 Å². The molecule has 2 aliphatic rings. The molecule has 1 aromatic carbocycles. The van der Waals surface area contributed by atoms with Gasteiger partial charge in [0.1, 0.15) is 18.2 Å². The number of nitrogens with one attached hydrogen (secondary N) is 1. The first-order valence-electron chi connectivity index (χ1n) is 12.1. The van der Waals surface area contributed by atoms with E-state index in [1.807, 2.05) is 27.7 Å². The Morgan fingerprint density at radius 3 is 2.45 bits per heavy atom. The molecule has 2 unspecified atom stereocenters. The highest BCUT2D eigenvalue weighted by Gasteiger charge is 2.44. The van der Waals surface area contributed by atoms with Gasteiger partial charge in [0.05, 0.1) is 44.7 Å². The second-order valence-electron chi connectivity index (χ2n) is 10.3. The standard InChI is InChI=1S/C25H33FN4O5.O2S/c1-15-6-7-20(19(26)8-15)29-22-21(32-5)23(28-14-27-22)35-18-9-16-11-33-12-17(10-18)30(16)24(31)34-13-25(2,3)4;1-3-2/h6-8,14,16-18H,9-13H2,1-5H3,(H,27,28,29);. The van der Waals surface area contributed by atoms with Crippen molar-refractivity contribution in [3.8, 4) is 11.6 Å². The number of carbonyl (C=O) groups excluding carboxylic acids is 1. The number of morpholine rings is 1. The van der Waals surface area contributed by atoms with E-state index < -0.39 is 17.4 Å². The van der Waals surface area contributed by atoms with Crippen molar-refractivity contribution in [2.75, 3.05) is 32.2 Å². The van der Waals surface area contributed by atoms with E-state index in [4.69, 9.17) is 27.4 Å². The van der Waals surface area contributed by atoms with Crippen molar-refractivity contribution >= 4 is 29.2 Å². The molecule has 2 aliphatic heterocycles. The number of aromatic nitrogens is 2. The van der Waals surface area contributed by atoms with Crippen molar-refractivity contribution < 1.29 is 36.6 Å². The Bertz CT molecular complexity index is 1140. The highest BCUT2D eigenvalue weighted by atomic mass is 32.1. The summed E-state index contributed by atoms with van der Waals surface area (Å²) >= 11 is -0.750. The summed E-state index contributed by atoms with van der Waals surface area (Å²) in [5, 5.41) is 2.96. The van der Waals surface area contributed by atoms with E-state index in [-0.39, 0.29) is 47.0 Å². The van der Waals surface area contributed by atoms with E-state index in [1.54, 1.807) is 17.0 Å². The molecule has 1 N–H and O–H groups in total. The van der Waals surface area contributed by atoms with Crippen LogP contribution in [0.5, 0.6) is 11.6 Å². The molecule has 1 aromatic heterocycles. The molecule has 2 fully saturated rings. The largest absolute Gasteiger partial charge is 0.489 e. The van der Waals surface area contributed by atoms with Crippen molar-refractivity contribution in [2.45, 2.75) is 58.7 Å². The van der Waals surface area contributed by atoms with Crippen LogP contribution in [0.3, 0.4) is 0 Å². The summed E-state index contributed by atoms with van der Waals surface area (Å²) in [5.74, 6) is 0.435. The molecule has 4 rings (SSSR count). The van der Waals surface area contributed by atoms with E-state index >= 15 is 0 Å². The molecule has 38 heavy (non-hydrogen) atoms. The van der Waals surface area contributed by atoms with E-state index in [9.17, 15) is 9.18 Å². The number of hydrogen-bond donors (Lipinski definition) is 1. The Hall–Kier alpha value is -3.32. The van der Waals surface area contributed by atoms with Crippen LogP contribution in [0.25, 0.3) is 0 Å². The fourth-order valence-electron chi connectivity index (χ4n) is 4.33. The van der Waals surface area contributed by atoms with Gasteiger partial charge in [-0.15, -0.1) is 0 Å². The van der Waals surface area contributed by atoms with Crippen LogP contribution in [0, 0.1) is 18.2 Å². The summed E-state index contributed by atoms with van der Waals surface area (Å²) in [6.07, 6.45) is 1.93. The lowest BCUT2D eigenvalue weighted by molar-refractivity contribution is -0.0930. The summed E-state index contributed by atoms with van der Waals surface area (Å²) in [7, 11) is 1.48. The van der Waals surface area contributed by atoms with E-state index in [2.05, 4.69) is 15.3 Å². The maximum absolute atomic E-state index is 14.4. The number of benzene rings is 1. The molecule has 0 aliphatic carbocycles. The molecule has 3 heterocycles. The number of ether oxygens (including phenoxy) is 4. The molecular formula is C25H33FN4O7S. The molecular weight excluding hydrogens is 519 g/mol. The Morgan fingerprint density at radius 2 is 1.87 bits per heavy atom. The number of hydrogen-bond acceptors (Lipinski definition) is 10. The quantitative estimate of drug-likeness (QED) is 0.565. The van der Waals surface area contributed by atoms with E-state index in [0.717, 1.165) is 5.56 Å². The molecule has 0 saturated carbocycles. The maximum atomic E-state index is 14.4. The summed E-state index contributed by atoms with van der Waals surface area (Å²) in [6.45, 7) is 9.07. The van der Waals surface area contributed by atoms with E-state index in [1.165, 1.54) is 19.5 Å². The smallest absolute Gasteiger partial charge is 0.410 e. The molecule has 0 spiro atoms. The van der Waals surface area contributed by atoms with Crippen molar-refractivity contribution in [1.29, 1.82) is 0 Å². The highest BCUT2D eigenvalue weighted by Crippen LogP contribution is 2.37. The van der Waals surface area contributed by atoms with Gasteiger partial charge >= 0.3 is 17.7 Å². The number of aryl methyl sites for hydroxylation is 1. The van der Waals surface area contributed by atoms with Crippen molar-refractivity contribution in [3.63, 3.8) is 0 Å². The molecule has 2 aromatic rings. The average molecular weight is 553 g/mol. The Balaban J connectivity index is 0.00000127. The first-order valence-corrected chi connectivity index (χ1v) is 12.8. The summed E-state index contributed by atoms with van der Waals surface area (Å²) in [6, 6.07) is 4.56. The number of halogens is 1. The van der Waals surface area contributed by atoms with Gasteiger partial charge in [-0.25, -0.2) is 14.2 Å². The molecule has 11 nitrogen and oxygen atoms in total. The normalized spacial score (nSPS) is 20.5. The molecule has 2 saturated heterocycles. The van der Waals surface area contributed by atoms with Gasteiger partial charge in [-0.1, -0.05) is 26.8 Å². The van der Waals surface area contributed by atoms with Gasteiger partial charge in [0.25, 0.3) is 5.88 Å². The minimum atomic E-state index is -0.750. The first kappa shape index (κ1) is 29.2. The van der Waals surface area contributed by atoms with Gasteiger partial charge in [0.15, 0.2) is 5.82 Å². The molecule has 2 bridgehead atoms. The third-order valence-electron chi connectivity index (χ3n) is 5.95. The number of rotatable bonds is 6. The second-order valence-corrected chi connectivity index (χ2v) is 10.5. The minimum absolute atomic E-state index is 0.112. The third-order valence-corrected chi connectivity index (χ3v) is 5.95. The van der Waals surface area contributed by atoms with Gasteiger partial charge in [0.2, 0.25) is 5.75 Å². The number of anilines is 2. The summed E-state index contributed by atoms with van der Waals surface area (Å²) in [4.78, 5) is 23.1. The molecule has 1 amide bonds. The number of piperidine rings is 1. The fourth-order valence-corrected chi connectivity index (χ4v) is 4.33. The maximum Gasteiger partial charge on any atom is 0.410 e. The predicted octanol–water partition coefficient (Wildman–Crippen LogP) is 3.80. The van der Waals surface area contributed by atoms with Crippen LogP contribution >= 0.6 is 0 Å². The monoisotopic (exact) mass is 552 g/mol. The lowest BCUT2D eigenvalue weighted by Gasteiger charge is -2.47. The minimum Gasteiger partial charge on any atom is -0.489 e. The van der Waals surface area contributed by atoms with Crippen LogP contribution in [0.2, 0.25) is 0 Å². The summed E-state index contributed by atoms with van der Waals surface area (Å²) in [5.41, 5.74) is 0.974. The average Bonchev–Trinajstić information content (AvgIpc) is 2.84. The number of nitrogens with zero attached hydrogens (tertiary/aromatic N) is 3. The number of carbonyl (C=O) groups is 1. The zero-order valence-corrected chi connectivity index (χ0v) is 22.9. The summed E-state index contributed by atoms with van der Waals surface area (Å²) < 4.78 is 54.0. The zero-order valence-electron chi connectivity index (χ0n) is 22.1. The molecule has 2 atom stereocenters. The van der Waals surface area contributed by atoms with Crippen LogP contribution in [0.4, 0.5) is 20.7 Å². The van der Waals surface area contributed by atoms with Crippen molar-refractivity contribution in [2.24, 2.45) is 5.41 Å². The lowest BCUT2D eigenvalue weighted by Crippen LogP contribution is -2.61. The number of amides is 1. The van der Waals surface area contributed by atoms with Crippen LogP contribution in [-0.4, -0.2) is 74.5 Å². The van der Waals surface area contributed by atoms with Crippen LogP contribution in [-0.2, 0) is 21.0 Å². The Labute approximate surface area is 224 Å². The topological polar surface area (TPSA) is 129 Å². The first-order chi connectivity index (χ1) is 18.1. The van der Waals surface area contributed by atoms with Gasteiger partial charge in [0, 0.05) is 12.8 Å². The van der Waals surface area contributed by atoms with Crippen LogP contribution in [0.1, 0.15) is 39.2 Å². The van der Waals surface area contributed by atoms with Gasteiger partial charge in [-0.2, -0.15) is 13.4 Å². The second kappa shape index (κ2) is 13.0. The molecule has 0 radical (unpaired) electrons. The van der Waals surface area contributed by atoms with Crippen LogP contribution < -0.4 is 14.8 Å². The Morgan fingerprint density at radius 1 is 1.21 bits per heavy atom. The number of methoxy groups -OCH3 is 1. The molecule has 208 valence electrons. The number of fused-ring (bicyclic) bond motifs is 2. The Kier molecular flexibility index (Phi) is 9.97. The fraction of sp³-hybridized carbons (Fsp3) is 0.560.